The minimum atomic E-state index is -0.156. The first kappa shape index (κ1) is 31.4. The number of halogens is 1. The Morgan fingerprint density at radius 1 is 1.12 bits per heavy atom. The second kappa shape index (κ2) is 16.9. The molecule has 0 aliphatic heterocycles. The van der Waals surface area contributed by atoms with Crippen LogP contribution in [0.3, 0.4) is 0 Å². The molecule has 0 saturated carbocycles. The minimum Gasteiger partial charge on any atom is -0.400 e. The fraction of sp³-hybridized carbons (Fsp3) is 0.300. The molecule has 2 aromatic rings. The molecular formula is C30H41FNOP. The molecule has 0 radical (unpaired) electrons. The van der Waals surface area contributed by atoms with E-state index in [1.807, 2.05) is 58.0 Å². The van der Waals surface area contributed by atoms with Crippen LogP contribution in [-0.2, 0) is 6.42 Å². The van der Waals surface area contributed by atoms with Crippen LogP contribution < -0.4 is 5.30 Å². The topological polar surface area (TPSA) is 32.6 Å². The van der Waals surface area contributed by atoms with Crippen LogP contribution in [0.4, 0.5) is 4.39 Å². The lowest BCUT2D eigenvalue weighted by Gasteiger charge is -2.10. The Balaban J connectivity index is 0.000000601. The summed E-state index contributed by atoms with van der Waals surface area (Å²) >= 11 is 0. The average molecular weight is 482 g/mol. The van der Waals surface area contributed by atoms with E-state index in [2.05, 4.69) is 52.5 Å². The van der Waals surface area contributed by atoms with E-state index < -0.39 is 0 Å². The molecule has 0 aromatic heterocycles. The Kier molecular flexibility index (Phi) is 15.6. The van der Waals surface area contributed by atoms with Gasteiger partial charge in [-0.3, -0.25) is 4.99 Å². The molecule has 0 saturated heterocycles. The predicted molar refractivity (Wildman–Crippen MR) is 156 cm³/mol. The standard InChI is InChI=1S/C15H18.C14H19FNP.CH4O/c1-5-9-14-10-7-8-11-15(14)13(4)12(3)6-2;1-5-9(2)11-7-13(15)12(14(17)8-11)6-10(3)16-4;1-2/h5,7-11H,3-4,6H2,1-2H3;5,7-8H,6,17H2,1-4H3;2H,1H3/b9-5-;;. The Labute approximate surface area is 208 Å². The van der Waals surface area contributed by atoms with E-state index >= 15 is 0 Å². The first-order valence-corrected chi connectivity index (χ1v) is 11.9. The van der Waals surface area contributed by atoms with E-state index in [9.17, 15) is 4.39 Å². The van der Waals surface area contributed by atoms with Crippen LogP contribution in [0.2, 0.25) is 0 Å². The molecule has 0 spiro atoms. The summed E-state index contributed by atoms with van der Waals surface area (Å²) in [4.78, 5) is 4.07. The summed E-state index contributed by atoms with van der Waals surface area (Å²) in [5, 5.41) is 7.91. The molecule has 184 valence electrons. The first-order chi connectivity index (χ1) is 16.2. The number of nitrogens with zero attached hydrogens (tertiary/aromatic N) is 1. The molecule has 0 aliphatic rings. The molecular weight excluding hydrogens is 440 g/mol. The van der Waals surface area contributed by atoms with Crippen LogP contribution in [0.15, 0.2) is 72.3 Å². The lowest BCUT2D eigenvalue weighted by atomic mass is 9.94. The van der Waals surface area contributed by atoms with Gasteiger partial charge in [0.2, 0.25) is 0 Å². The van der Waals surface area contributed by atoms with Gasteiger partial charge in [-0.15, -0.1) is 9.24 Å². The molecule has 0 heterocycles. The zero-order valence-electron chi connectivity index (χ0n) is 21.9. The van der Waals surface area contributed by atoms with Gasteiger partial charge in [-0.25, -0.2) is 4.39 Å². The summed E-state index contributed by atoms with van der Waals surface area (Å²) < 4.78 is 14.0. The molecule has 0 bridgehead atoms. The fourth-order valence-corrected chi connectivity index (χ4v) is 3.49. The highest BCUT2D eigenvalue weighted by molar-refractivity contribution is 7.27. The number of allylic oxidation sites excluding steroid dienone is 5. The van der Waals surface area contributed by atoms with Crippen LogP contribution in [0.1, 0.15) is 63.3 Å². The van der Waals surface area contributed by atoms with Gasteiger partial charge in [0.1, 0.15) is 5.82 Å². The highest BCUT2D eigenvalue weighted by Gasteiger charge is 2.10. The van der Waals surface area contributed by atoms with Crippen molar-refractivity contribution in [3.63, 3.8) is 0 Å². The van der Waals surface area contributed by atoms with E-state index in [4.69, 9.17) is 5.11 Å². The summed E-state index contributed by atoms with van der Waals surface area (Å²) in [6, 6.07) is 11.9. The maximum absolute atomic E-state index is 14.0. The van der Waals surface area contributed by atoms with Crippen molar-refractivity contribution in [1.29, 1.82) is 0 Å². The zero-order chi connectivity index (χ0) is 26.3. The van der Waals surface area contributed by atoms with Crippen molar-refractivity contribution in [3.05, 3.63) is 95.4 Å². The number of aliphatic hydroxyl groups excluding tert-OH is 1. The van der Waals surface area contributed by atoms with Gasteiger partial charge in [-0.1, -0.05) is 62.6 Å². The summed E-state index contributed by atoms with van der Waals surface area (Å²) in [6.07, 6.45) is 7.64. The number of hydrogen-bond donors (Lipinski definition) is 1. The fourth-order valence-electron chi connectivity index (χ4n) is 3.07. The van der Waals surface area contributed by atoms with E-state index in [0.717, 1.165) is 46.8 Å². The normalized spacial score (nSPS) is 11.4. The second-order valence-corrected chi connectivity index (χ2v) is 8.28. The molecule has 2 aromatic carbocycles. The zero-order valence-corrected chi connectivity index (χ0v) is 23.0. The Bertz CT molecular complexity index is 1020. The average Bonchev–Trinajstić information content (AvgIpc) is 2.86. The predicted octanol–water partition coefficient (Wildman–Crippen LogP) is 7.69. The Morgan fingerprint density at radius 2 is 1.74 bits per heavy atom. The third-order valence-corrected chi connectivity index (χ3v) is 5.93. The largest absolute Gasteiger partial charge is 0.400 e. The van der Waals surface area contributed by atoms with Crippen LogP contribution in [0, 0.1) is 5.82 Å². The van der Waals surface area contributed by atoms with E-state index in [-0.39, 0.29) is 5.82 Å². The third kappa shape index (κ3) is 9.71. The van der Waals surface area contributed by atoms with Crippen molar-refractivity contribution in [1.82, 2.24) is 0 Å². The van der Waals surface area contributed by atoms with Crippen LogP contribution in [0.25, 0.3) is 17.2 Å². The van der Waals surface area contributed by atoms with Crippen molar-refractivity contribution < 1.29 is 9.50 Å². The number of aliphatic imine (C=N–C) groups is 1. The van der Waals surface area contributed by atoms with Crippen LogP contribution >= 0.6 is 9.24 Å². The summed E-state index contributed by atoms with van der Waals surface area (Å²) in [5.41, 5.74) is 8.21. The van der Waals surface area contributed by atoms with Crippen LogP contribution in [-0.4, -0.2) is 25.0 Å². The molecule has 0 fully saturated rings. The number of hydrogen-bond acceptors (Lipinski definition) is 2. The molecule has 2 rings (SSSR count). The summed E-state index contributed by atoms with van der Waals surface area (Å²) in [5.74, 6) is -0.156. The number of aliphatic hydroxyl groups is 1. The molecule has 34 heavy (non-hydrogen) atoms. The molecule has 1 unspecified atom stereocenters. The van der Waals surface area contributed by atoms with Gasteiger partial charge in [-0.2, -0.15) is 0 Å². The maximum atomic E-state index is 14.0. The monoisotopic (exact) mass is 481 g/mol. The van der Waals surface area contributed by atoms with Gasteiger partial charge < -0.3 is 5.11 Å². The lowest BCUT2D eigenvalue weighted by Crippen LogP contribution is -2.11. The maximum Gasteiger partial charge on any atom is 0.128 e. The van der Waals surface area contributed by atoms with Gasteiger partial charge in [0, 0.05) is 31.9 Å². The van der Waals surface area contributed by atoms with Crippen LogP contribution in [0.5, 0.6) is 0 Å². The minimum absolute atomic E-state index is 0.156. The molecule has 1 atom stereocenters. The first-order valence-electron chi connectivity index (χ1n) is 11.4. The third-order valence-electron chi connectivity index (χ3n) is 5.42. The Morgan fingerprint density at radius 3 is 2.24 bits per heavy atom. The van der Waals surface area contributed by atoms with Crippen molar-refractivity contribution in [2.24, 2.45) is 4.99 Å². The second-order valence-electron chi connectivity index (χ2n) is 7.66. The molecule has 4 heteroatoms. The number of rotatable bonds is 7. The highest BCUT2D eigenvalue weighted by atomic mass is 31.0. The quantitative estimate of drug-likeness (QED) is 0.245. The van der Waals surface area contributed by atoms with E-state index in [1.54, 1.807) is 13.1 Å². The highest BCUT2D eigenvalue weighted by Crippen LogP contribution is 2.26. The van der Waals surface area contributed by atoms with E-state index in [0.29, 0.717) is 12.0 Å². The SMILES string of the molecule is C=C(CC)C(=C)c1ccccc1/C=C\C.CC=C(C)c1cc(F)c(CC(C)=NC)c(P)c1.CO. The van der Waals surface area contributed by atoms with Crippen molar-refractivity contribution in [3.8, 4) is 0 Å². The molecule has 0 aliphatic carbocycles. The number of benzene rings is 2. The molecule has 0 amide bonds. The van der Waals surface area contributed by atoms with Gasteiger partial charge in [0.15, 0.2) is 0 Å². The van der Waals surface area contributed by atoms with Gasteiger partial charge >= 0.3 is 0 Å². The van der Waals surface area contributed by atoms with Crippen molar-refractivity contribution in [2.75, 3.05) is 14.2 Å². The molecule has 2 nitrogen and oxygen atoms in total. The summed E-state index contributed by atoms with van der Waals surface area (Å²) in [7, 11) is 5.34. The van der Waals surface area contributed by atoms with Gasteiger partial charge in [0.25, 0.3) is 0 Å². The Hall–Kier alpha value is -2.61. The van der Waals surface area contributed by atoms with Crippen molar-refractivity contribution in [2.45, 2.75) is 47.5 Å². The van der Waals surface area contributed by atoms with E-state index in [1.165, 1.54) is 11.1 Å². The molecule has 1 N–H and O–H groups in total. The lowest BCUT2D eigenvalue weighted by molar-refractivity contribution is 0.399. The van der Waals surface area contributed by atoms with Gasteiger partial charge in [0.05, 0.1) is 0 Å². The van der Waals surface area contributed by atoms with Crippen molar-refractivity contribution >= 4 is 37.5 Å². The summed E-state index contributed by atoms with van der Waals surface area (Å²) in [6.45, 7) is 18.1. The smallest absolute Gasteiger partial charge is 0.128 e. The van der Waals surface area contributed by atoms with Gasteiger partial charge in [-0.05, 0) is 85.0 Å².